The van der Waals surface area contributed by atoms with Crippen molar-refractivity contribution in [3.05, 3.63) is 15.9 Å². The third-order valence-electron chi connectivity index (χ3n) is 1.92. The molecule has 1 aromatic rings. The van der Waals surface area contributed by atoms with E-state index in [0.717, 1.165) is 27.5 Å². The molecular formula is C9H13BrINO2S2. The fraction of sp³-hybridized carbons (Fsp3) is 0.556. The Kier molecular flexibility index (Phi) is 6.79. The summed E-state index contributed by atoms with van der Waals surface area (Å²) in [6.07, 6.45) is 3.11. The van der Waals surface area contributed by atoms with Gasteiger partial charge in [-0.2, -0.15) is 0 Å². The van der Waals surface area contributed by atoms with Crippen LogP contribution in [0.4, 0.5) is 0 Å². The summed E-state index contributed by atoms with van der Waals surface area (Å²) < 4.78 is 28.4. The summed E-state index contributed by atoms with van der Waals surface area (Å²) in [5.74, 6) is 0. The number of nitrogens with one attached hydrogen (secondary N) is 1. The van der Waals surface area contributed by atoms with E-state index in [9.17, 15) is 8.42 Å². The Hall–Kier alpha value is 0.820. The molecule has 0 aliphatic carbocycles. The zero-order chi connectivity index (χ0) is 12.0. The number of rotatable bonds is 7. The van der Waals surface area contributed by atoms with E-state index in [0.29, 0.717) is 10.8 Å². The number of alkyl halides is 1. The highest BCUT2D eigenvalue weighted by Gasteiger charge is 2.15. The lowest BCUT2D eigenvalue weighted by Crippen LogP contribution is -2.23. The van der Waals surface area contributed by atoms with Gasteiger partial charge >= 0.3 is 0 Å². The van der Waals surface area contributed by atoms with Gasteiger partial charge in [-0.05, 0) is 45.3 Å². The summed E-state index contributed by atoms with van der Waals surface area (Å²) in [5, 5.41) is 0. The number of thiophene rings is 1. The highest BCUT2D eigenvalue weighted by atomic mass is 127. The van der Waals surface area contributed by atoms with Gasteiger partial charge in [-0.3, -0.25) is 0 Å². The highest BCUT2D eigenvalue weighted by molar-refractivity contribution is 14.1. The predicted octanol–water partition coefficient (Wildman–Crippen LogP) is 3.39. The van der Waals surface area contributed by atoms with Crippen LogP contribution in [0.5, 0.6) is 0 Å². The molecule has 1 N–H and O–H groups in total. The lowest BCUT2D eigenvalue weighted by atomic mass is 10.3. The van der Waals surface area contributed by atoms with E-state index in [1.54, 1.807) is 12.1 Å². The molecule has 0 bridgehead atoms. The molecule has 0 aromatic carbocycles. The fourth-order valence-corrected chi connectivity index (χ4v) is 4.78. The molecule has 0 aliphatic heterocycles. The van der Waals surface area contributed by atoms with Crippen LogP contribution in [0, 0.1) is 0 Å². The average molecular weight is 438 g/mol. The fourth-order valence-electron chi connectivity index (χ4n) is 1.12. The molecule has 0 unspecified atom stereocenters. The third-order valence-corrected chi connectivity index (χ3v) is 6.26. The number of unbranched alkanes of at least 4 members (excludes halogenated alkanes) is 2. The maximum absolute atomic E-state index is 11.8. The van der Waals surface area contributed by atoms with Gasteiger partial charge in [-0.1, -0.05) is 29.0 Å². The molecule has 3 nitrogen and oxygen atoms in total. The number of sulfonamides is 1. The molecule has 0 saturated carbocycles. The molecular weight excluding hydrogens is 425 g/mol. The Bertz CT molecular complexity index is 419. The van der Waals surface area contributed by atoms with Crippen LogP contribution in [-0.4, -0.2) is 19.4 Å². The minimum Gasteiger partial charge on any atom is -0.210 e. The Labute approximate surface area is 122 Å². The van der Waals surface area contributed by atoms with E-state index in [4.69, 9.17) is 0 Å². The van der Waals surface area contributed by atoms with Gasteiger partial charge in [0.15, 0.2) is 0 Å². The zero-order valence-corrected chi connectivity index (χ0v) is 14.0. The molecule has 0 saturated heterocycles. The molecule has 0 atom stereocenters. The van der Waals surface area contributed by atoms with Crippen LogP contribution >= 0.6 is 49.9 Å². The van der Waals surface area contributed by atoms with Crippen molar-refractivity contribution in [3.63, 3.8) is 0 Å². The van der Waals surface area contributed by atoms with E-state index >= 15 is 0 Å². The van der Waals surface area contributed by atoms with Crippen molar-refractivity contribution in [2.24, 2.45) is 0 Å². The van der Waals surface area contributed by atoms with Crippen molar-refractivity contribution in [3.8, 4) is 0 Å². The van der Waals surface area contributed by atoms with Gasteiger partial charge in [0.25, 0.3) is 0 Å². The summed E-state index contributed by atoms with van der Waals surface area (Å²) in [4.78, 5) is 0. The molecule has 0 spiro atoms. The van der Waals surface area contributed by atoms with Crippen molar-refractivity contribution in [2.45, 2.75) is 23.5 Å². The molecule has 1 rings (SSSR count). The SMILES string of the molecule is O=S(=O)(NCCCCCI)c1ccc(Br)s1. The molecule has 0 radical (unpaired) electrons. The minimum absolute atomic E-state index is 0.369. The third kappa shape index (κ3) is 4.99. The number of hydrogen-bond donors (Lipinski definition) is 1. The summed E-state index contributed by atoms with van der Waals surface area (Å²) in [6, 6.07) is 3.36. The molecule has 0 aliphatic rings. The zero-order valence-electron chi connectivity index (χ0n) is 8.58. The second-order valence-electron chi connectivity index (χ2n) is 3.21. The monoisotopic (exact) mass is 437 g/mol. The van der Waals surface area contributed by atoms with E-state index in [2.05, 4.69) is 43.2 Å². The summed E-state index contributed by atoms with van der Waals surface area (Å²) in [6.45, 7) is 0.522. The van der Waals surface area contributed by atoms with Gasteiger partial charge < -0.3 is 0 Å². The maximum atomic E-state index is 11.8. The normalized spacial score (nSPS) is 11.9. The number of halogens is 2. The summed E-state index contributed by atoms with van der Waals surface area (Å²) in [5.41, 5.74) is 0. The van der Waals surface area contributed by atoms with E-state index in [1.807, 2.05) is 0 Å². The van der Waals surface area contributed by atoms with Gasteiger partial charge in [0.05, 0.1) is 3.79 Å². The number of hydrogen-bond acceptors (Lipinski definition) is 3. The molecule has 92 valence electrons. The van der Waals surface area contributed by atoms with E-state index in [1.165, 1.54) is 11.3 Å². The van der Waals surface area contributed by atoms with Crippen LogP contribution in [0.1, 0.15) is 19.3 Å². The van der Waals surface area contributed by atoms with E-state index in [-0.39, 0.29) is 0 Å². The van der Waals surface area contributed by atoms with Crippen molar-refractivity contribution < 1.29 is 8.42 Å². The van der Waals surface area contributed by atoms with Crippen LogP contribution in [-0.2, 0) is 10.0 Å². The maximum Gasteiger partial charge on any atom is 0.250 e. The predicted molar refractivity (Wildman–Crippen MR) is 79.9 cm³/mol. The van der Waals surface area contributed by atoms with Crippen LogP contribution < -0.4 is 4.72 Å². The second kappa shape index (κ2) is 7.30. The van der Waals surface area contributed by atoms with Crippen molar-refractivity contribution in [1.82, 2.24) is 4.72 Å². The summed E-state index contributed by atoms with van der Waals surface area (Å²) >= 11 is 6.81. The first-order valence-corrected chi connectivity index (χ1v) is 9.49. The topological polar surface area (TPSA) is 46.2 Å². The van der Waals surface area contributed by atoms with Gasteiger partial charge in [0.1, 0.15) is 4.21 Å². The van der Waals surface area contributed by atoms with Crippen molar-refractivity contribution >= 4 is 59.9 Å². The molecule has 7 heteroatoms. The van der Waals surface area contributed by atoms with Crippen molar-refractivity contribution in [1.29, 1.82) is 0 Å². The van der Waals surface area contributed by atoms with Gasteiger partial charge in [0.2, 0.25) is 10.0 Å². The Morgan fingerprint density at radius 1 is 1.31 bits per heavy atom. The standard InChI is InChI=1S/C9H13BrINO2S2/c10-8-4-5-9(15-8)16(13,14)12-7-3-1-2-6-11/h4-5,12H,1-3,6-7H2. The average Bonchev–Trinajstić information content (AvgIpc) is 2.65. The van der Waals surface area contributed by atoms with Crippen LogP contribution in [0.3, 0.4) is 0 Å². The molecule has 1 aromatic heterocycles. The lowest BCUT2D eigenvalue weighted by molar-refractivity contribution is 0.578. The molecule has 0 amide bonds. The van der Waals surface area contributed by atoms with Crippen LogP contribution in [0.25, 0.3) is 0 Å². The van der Waals surface area contributed by atoms with Gasteiger partial charge in [-0.15, -0.1) is 11.3 Å². The molecule has 1 heterocycles. The first-order chi connectivity index (χ1) is 7.56. The van der Waals surface area contributed by atoms with Gasteiger partial charge in [0, 0.05) is 6.54 Å². The Morgan fingerprint density at radius 2 is 2.06 bits per heavy atom. The summed E-state index contributed by atoms with van der Waals surface area (Å²) in [7, 11) is -3.29. The first kappa shape index (κ1) is 14.9. The first-order valence-electron chi connectivity index (χ1n) is 4.87. The van der Waals surface area contributed by atoms with Crippen LogP contribution in [0.2, 0.25) is 0 Å². The van der Waals surface area contributed by atoms with E-state index < -0.39 is 10.0 Å². The smallest absolute Gasteiger partial charge is 0.210 e. The minimum atomic E-state index is -3.29. The molecule has 0 fully saturated rings. The highest BCUT2D eigenvalue weighted by Crippen LogP contribution is 2.25. The molecule has 16 heavy (non-hydrogen) atoms. The van der Waals surface area contributed by atoms with Crippen molar-refractivity contribution in [2.75, 3.05) is 11.0 Å². The Morgan fingerprint density at radius 3 is 2.62 bits per heavy atom. The second-order valence-corrected chi connectivity index (χ2v) is 8.74. The largest absolute Gasteiger partial charge is 0.250 e. The quantitative estimate of drug-likeness (QED) is 0.403. The Balaban J connectivity index is 2.41. The lowest BCUT2D eigenvalue weighted by Gasteiger charge is -2.03. The van der Waals surface area contributed by atoms with Crippen LogP contribution in [0.15, 0.2) is 20.1 Å². The van der Waals surface area contributed by atoms with Gasteiger partial charge in [-0.25, -0.2) is 13.1 Å².